The second kappa shape index (κ2) is 5.85. The van der Waals surface area contributed by atoms with Gasteiger partial charge in [-0.2, -0.15) is 5.26 Å². The van der Waals surface area contributed by atoms with Crippen LogP contribution in [0.5, 0.6) is 0 Å². The van der Waals surface area contributed by atoms with Gasteiger partial charge in [0.05, 0.1) is 11.3 Å². The number of nitrogens with zero attached hydrogens (tertiary/aromatic N) is 2. The molecule has 0 bridgehead atoms. The standard InChI is InChI=1S/C17H23N3/c1-19-12-13-6-7-17(15(10-13)11-18)20-9-8-14-4-2-3-5-16(14)20/h6-7,10,14,16,19H,2-5,8-9,12H2,1H3. The smallest absolute Gasteiger partial charge is 0.101 e. The van der Waals surface area contributed by atoms with Crippen molar-refractivity contribution in [3.63, 3.8) is 0 Å². The fraction of sp³-hybridized carbons (Fsp3) is 0.588. The molecule has 3 nitrogen and oxygen atoms in total. The number of rotatable bonds is 3. The van der Waals surface area contributed by atoms with E-state index in [-0.39, 0.29) is 0 Å². The van der Waals surface area contributed by atoms with Crippen LogP contribution < -0.4 is 10.2 Å². The van der Waals surface area contributed by atoms with Gasteiger partial charge in [0, 0.05) is 19.1 Å². The largest absolute Gasteiger partial charge is 0.367 e. The fourth-order valence-electron chi connectivity index (χ4n) is 3.94. The van der Waals surface area contributed by atoms with E-state index in [0.717, 1.165) is 30.3 Å². The molecule has 2 atom stereocenters. The number of benzene rings is 1. The van der Waals surface area contributed by atoms with Crippen molar-refractivity contribution in [2.45, 2.75) is 44.7 Å². The van der Waals surface area contributed by atoms with Crippen molar-refractivity contribution in [1.29, 1.82) is 5.26 Å². The van der Waals surface area contributed by atoms with Crippen molar-refractivity contribution < 1.29 is 0 Å². The summed E-state index contributed by atoms with van der Waals surface area (Å²) in [6.07, 6.45) is 6.71. The van der Waals surface area contributed by atoms with E-state index >= 15 is 0 Å². The molecule has 1 aromatic carbocycles. The first-order chi connectivity index (χ1) is 9.83. The second-order valence-corrected chi connectivity index (χ2v) is 6.09. The first-order valence-electron chi connectivity index (χ1n) is 7.77. The Bertz CT molecular complexity index is 517. The van der Waals surface area contributed by atoms with Crippen molar-refractivity contribution in [2.75, 3.05) is 18.5 Å². The molecule has 2 aliphatic rings. The molecule has 0 spiro atoms. The van der Waals surface area contributed by atoms with Crippen LogP contribution in [-0.2, 0) is 6.54 Å². The van der Waals surface area contributed by atoms with Gasteiger partial charge in [-0.25, -0.2) is 0 Å². The van der Waals surface area contributed by atoms with Gasteiger partial charge in [-0.1, -0.05) is 18.9 Å². The van der Waals surface area contributed by atoms with Crippen molar-refractivity contribution in [2.24, 2.45) is 5.92 Å². The fourth-order valence-corrected chi connectivity index (χ4v) is 3.94. The normalized spacial score (nSPS) is 25.3. The second-order valence-electron chi connectivity index (χ2n) is 6.09. The van der Waals surface area contributed by atoms with Crippen LogP contribution in [0.25, 0.3) is 0 Å². The maximum atomic E-state index is 9.47. The lowest BCUT2D eigenvalue weighted by Crippen LogP contribution is -2.35. The Hall–Kier alpha value is -1.53. The Balaban J connectivity index is 1.88. The molecule has 106 valence electrons. The molecule has 3 rings (SSSR count). The van der Waals surface area contributed by atoms with Crippen LogP contribution in [-0.4, -0.2) is 19.6 Å². The molecule has 1 aromatic rings. The quantitative estimate of drug-likeness (QED) is 0.916. The summed E-state index contributed by atoms with van der Waals surface area (Å²) in [7, 11) is 1.94. The lowest BCUT2D eigenvalue weighted by atomic mass is 9.85. The highest BCUT2D eigenvalue weighted by Gasteiger charge is 2.36. The van der Waals surface area contributed by atoms with Gasteiger partial charge >= 0.3 is 0 Å². The third-order valence-electron chi connectivity index (χ3n) is 4.88. The van der Waals surface area contributed by atoms with Crippen molar-refractivity contribution in [3.8, 4) is 6.07 Å². The Morgan fingerprint density at radius 2 is 2.15 bits per heavy atom. The Labute approximate surface area is 121 Å². The molecular weight excluding hydrogens is 246 g/mol. The highest BCUT2D eigenvalue weighted by Crippen LogP contribution is 2.39. The molecule has 1 aliphatic carbocycles. The topological polar surface area (TPSA) is 39.1 Å². The third-order valence-corrected chi connectivity index (χ3v) is 4.88. The van der Waals surface area contributed by atoms with Crippen LogP contribution in [0.4, 0.5) is 5.69 Å². The van der Waals surface area contributed by atoms with Crippen LogP contribution in [0.2, 0.25) is 0 Å². The van der Waals surface area contributed by atoms with Crippen LogP contribution in [0.3, 0.4) is 0 Å². The molecule has 1 saturated heterocycles. The van der Waals surface area contributed by atoms with Gasteiger partial charge in [0.25, 0.3) is 0 Å². The van der Waals surface area contributed by atoms with Crippen LogP contribution in [0.1, 0.15) is 43.2 Å². The molecule has 0 radical (unpaired) electrons. The van der Waals surface area contributed by atoms with E-state index in [1.54, 1.807) is 0 Å². The molecule has 2 fully saturated rings. The summed E-state index contributed by atoms with van der Waals surface area (Å²) in [5.41, 5.74) is 3.18. The summed E-state index contributed by atoms with van der Waals surface area (Å²) in [5.74, 6) is 0.854. The van der Waals surface area contributed by atoms with Crippen LogP contribution >= 0.6 is 0 Å². The first-order valence-corrected chi connectivity index (χ1v) is 7.77. The van der Waals surface area contributed by atoms with Crippen LogP contribution in [0, 0.1) is 17.2 Å². The molecule has 1 N–H and O–H groups in total. The van der Waals surface area contributed by atoms with Crippen LogP contribution in [0.15, 0.2) is 18.2 Å². The number of anilines is 1. The average Bonchev–Trinajstić information content (AvgIpc) is 2.91. The maximum absolute atomic E-state index is 9.47. The first kappa shape index (κ1) is 13.5. The molecular formula is C17H23N3. The molecule has 2 unspecified atom stereocenters. The van der Waals surface area contributed by atoms with Gasteiger partial charge in [-0.15, -0.1) is 0 Å². The van der Waals surface area contributed by atoms with E-state index in [1.807, 2.05) is 13.1 Å². The van der Waals surface area contributed by atoms with Gasteiger partial charge in [0.2, 0.25) is 0 Å². The summed E-state index contributed by atoms with van der Waals surface area (Å²) in [4.78, 5) is 2.51. The zero-order valence-electron chi connectivity index (χ0n) is 12.2. The zero-order chi connectivity index (χ0) is 13.9. The number of nitrogens with one attached hydrogen (secondary N) is 1. The van der Waals surface area contributed by atoms with Gasteiger partial charge in [0.1, 0.15) is 6.07 Å². The van der Waals surface area contributed by atoms with Crippen molar-refractivity contribution >= 4 is 5.69 Å². The number of hydrogen-bond acceptors (Lipinski definition) is 3. The molecule has 20 heavy (non-hydrogen) atoms. The molecule has 1 heterocycles. The minimum Gasteiger partial charge on any atom is -0.367 e. The third kappa shape index (κ3) is 2.41. The van der Waals surface area contributed by atoms with E-state index in [0.29, 0.717) is 6.04 Å². The minimum absolute atomic E-state index is 0.672. The van der Waals surface area contributed by atoms with Gasteiger partial charge in [-0.3, -0.25) is 0 Å². The number of fused-ring (bicyclic) bond motifs is 1. The van der Waals surface area contributed by atoms with Crippen molar-refractivity contribution in [1.82, 2.24) is 5.32 Å². The Kier molecular flexibility index (Phi) is 3.93. The summed E-state index contributed by atoms with van der Waals surface area (Å²) in [6.45, 7) is 1.94. The average molecular weight is 269 g/mol. The lowest BCUT2D eigenvalue weighted by molar-refractivity contribution is 0.342. The molecule has 3 heteroatoms. The Morgan fingerprint density at radius 1 is 1.30 bits per heavy atom. The SMILES string of the molecule is CNCc1ccc(N2CCC3CCCCC32)c(C#N)c1. The molecule has 0 aromatic heterocycles. The van der Waals surface area contributed by atoms with E-state index in [4.69, 9.17) is 0 Å². The molecule has 0 amide bonds. The minimum atomic E-state index is 0.672. The molecule has 1 aliphatic heterocycles. The highest BCUT2D eigenvalue weighted by atomic mass is 15.2. The molecule has 1 saturated carbocycles. The van der Waals surface area contributed by atoms with Gasteiger partial charge < -0.3 is 10.2 Å². The van der Waals surface area contributed by atoms with Gasteiger partial charge in [-0.05, 0) is 49.9 Å². The zero-order valence-corrected chi connectivity index (χ0v) is 12.2. The van der Waals surface area contributed by atoms with E-state index in [1.165, 1.54) is 37.7 Å². The van der Waals surface area contributed by atoms with E-state index in [9.17, 15) is 5.26 Å². The summed E-state index contributed by atoms with van der Waals surface area (Å²) < 4.78 is 0. The van der Waals surface area contributed by atoms with E-state index < -0.39 is 0 Å². The number of hydrogen-bond donors (Lipinski definition) is 1. The van der Waals surface area contributed by atoms with E-state index in [2.05, 4.69) is 28.4 Å². The summed E-state index contributed by atoms with van der Waals surface area (Å²) in [6, 6.07) is 9.42. The Morgan fingerprint density at radius 3 is 2.95 bits per heavy atom. The van der Waals surface area contributed by atoms with Crippen molar-refractivity contribution in [3.05, 3.63) is 29.3 Å². The highest BCUT2D eigenvalue weighted by molar-refractivity contribution is 5.61. The lowest BCUT2D eigenvalue weighted by Gasteiger charge is -2.33. The van der Waals surface area contributed by atoms with Gasteiger partial charge in [0.15, 0.2) is 0 Å². The summed E-state index contributed by atoms with van der Waals surface area (Å²) >= 11 is 0. The maximum Gasteiger partial charge on any atom is 0.101 e. The summed E-state index contributed by atoms with van der Waals surface area (Å²) in [5, 5.41) is 12.6. The predicted octanol–water partition coefficient (Wildman–Crippen LogP) is 3.05. The number of nitriles is 1. The monoisotopic (exact) mass is 269 g/mol. The predicted molar refractivity (Wildman–Crippen MR) is 81.6 cm³/mol.